The molecule has 120 valence electrons. The van der Waals surface area contributed by atoms with E-state index in [1.54, 1.807) is 19.1 Å². The van der Waals surface area contributed by atoms with E-state index in [-0.39, 0.29) is 18.0 Å². The molecule has 0 unspecified atom stereocenters. The molecule has 0 bridgehead atoms. The van der Waals surface area contributed by atoms with E-state index in [9.17, 15) is 14.9 Å². The Balaban J connectivity index is 2.07. The Morgan fingerprint density at radius 3 is 2.57 bits per heavy atom. The Hall–Kier alpha value is -2.89. The zero-order valence-electron chi connectivity index (χ0n) is 13.2. The van der Waals surface area contributed by atoms with Crippen molar-refractivity contribution in [2.45, 2.75) is 20.8 Å². The molecule has 0 spiro atoms. The van der Waals surface area contributed by atoms with Crippen LogP contribution in [0, 0.1) is 30.9 Å². The van der Waals surface area contributed by atoms with E-state index < -0.39 is 10.9 Å². The second-order valence-corrected chi connectivity index (χ2v) is 5.19. The molecular formula is C17H17NO5. The normalized spacial score (nSPS) is 10.2. The number of benzene rings is 2. The molecule has 0 atom stereocenters. The van der Waals surface area contributed by atoms with Gasteiger partial charge in [-0.3, -0.25) is 10.1 Å². The third-order valence-corrected chi connectivity index (χ3v) is 3.44. The first kappa shape index (κ1) is 16.5. The van der Waals surface area contributed by atoms with Gasteiger partial charge in [0, 0.05) is 6.07 Å². The van der Waals surface area contributed by atoms with Gasteiger partial charge in [-0.1, -0.05) is 18.2 Å². The summed E-state index contributed by atoms with van der Waals surface area (Å²) in [5, 5.41) is 11.0. The lowest BCUT2D eigenvalue weighted by atomic mass is 10.1. The summed E-state index contributed by atoms with van der Waals surface area (Å²) in [7, 11) is 0. The van der Waals surface area contributed by atoms with Crippen LogP contribution in [0.4, 0.5) is 5.69 Å². The van der Waals surface area contributed by atoms with Crippen LogP contribution in [-0.2, 0) is 4.79 Å². The number of ether oxygens (including phenoxy) is 2. The van der Waals surface area contributed by atoms with Gasteiger partial charge in [-0.15, -0.1) is 0 Å². The fraction of sp³-hybridized carbons (Fsp3) is 0.235. The quantitative estimate of drug-likeness (QED) is 0.365. The van der Waals surface area contributed by atoms with Gasteiger partial charge in [0.2, 0.25) is 5.75 Å². The summed E-state index contributed by atoms with van der Waals surface area (Å²) < 4.78 is 10.5. The van der Waals surface area contributed by atoms with Crippen LogP contribution in [-0.4, -0.2) is 17.5 Å². The molecule has 0 aliphatic rings. The summed E-state index contributed by atoms with van der Waals surface area (Å²) in [5.74, 6) is -0.190. The summed E-state index contributed by atoms with van der Waals surface area (Å²) in [6.45, 7) is 5.26. The largest absolute Gasteiger partial charge is 0.482 e. The molecule has 0 aliphatic heterocycles. The molecule has 2 rings (SSSR count). The maximum atomic E-state index is 11.9. The number of carbonyl (C=O) groups is 1. The van der Waals surface area contributed by atoms with Gasteiger partial charge in [0.05, 0.1) is 4.92 Å². The lowest BCUT2D eigenvalue weighted by Crippen LogP contribution is -2.18. The van der Waals surface area contributed by atoms with Crippen molar-refractivity contribution in [3.05, 3.63) is 63.2 Å². The molecule has 0 radical (unpaired) electrons. The van der Waals surface area contributed by atoms with Crippen molar-refractivity contribution in [2.24, 2.45) is 0 Å². The van der Waals surface area contributed by atoms with Crippen molar-refractivity contribution in [3.63, 3.8) is 0 Å². The van der Waals surface area contributed by atoms with Crippen molar-refractivity contribution < 1.29 is 19.2 Å². The lowest BCUT2D eigenvalue weighted by molar-refractivity contribution is -0.385. The van der Waals surface area contributed by atoms with Crippen LogP contribution < -0.4 is 9.47 Å². The molecule has 0 aliphatic carbocycles. The zero-order valence-corrected chi connectivity index (χ0v) is 13.2. The molecule has 0 N–H and O–H groups in total. The molecule has 0 saturated carbocycles. The smallest absolute Gasteiger partial charge is 0.349 e. The number of rotatable bonds is 5. The third kappa shape index (κ3) is 4.06. The summed E-state index contributed by atoms with van der Waals surface area (Å²) in [6.07, 6.45) is 0. The Bertz CT molecular complexity index is 755. The maximum Gasteiger partial charge on any atom is 0.349 e. The number of nitro benzene ring substituents is 1. The van der Waals surface area contributed by atoms with Crippen molar-refractivity contribution in [1.29, 1.82) is 0 Å². The second-order valence-electron chi connectivity index (χ2n) is 5.19. The summed E-state index contributed by atoms with van der Waals surface area (Å²) in [5.41, 5.74) is 2.48. The Kier molecular flexibility index (Phi) is 4.95. The zero-order chi connectivity index (χ0) is 17.0. The number of nitrogens with zero attached hydrogens (tertiary/aromatic N) is 1. The molecule has 23 heavy (non-hydrogen) atoms. The van der Waals surface area contributed by atoms with Gasteiger partial charge in [-0.25, -0.2) is 4.79 Å². The summed E-state index contributed by atoms with van der Waals surface area (Å²) in [4.78, 5) is 22.3. The molecule has 0 amide bonds. The van der Waals surface area contributed by atoms with Crippen LogP contribution >= 0.6 is 0 Å². The first-order valence-electron chi connectivity index (χ1n) is 7.03. The van der Waals surface area contributed by atoms with Gasteiger partial charge in [0.25, 0.3) is 0 Å². The van der Waals surface area contributed by atoms with Gasteiger partial charge in [0.1, 0.15) is 5.75 Å². The molecule has 2 aromatic rings. The Morgan fingerprint density at radius 1 is 1.13 bits per heavy atom. The van der Waals surface area contributed by atoms with Crippen molar-refractivity contribution in [2.75, 3.05) is 6.61 Å². The monoisotopic (exact) mass is 315 g/mol. The molecule has 0 fully saturated rings. The van der Waals surface area contributed by atoms with Gasteiger partial charge in [-0.2, -0.15) is 0 Å². The maximum absolute atomic E-state index is 11.9. The molecule has 0 saturated heterocycles. The summed E-state index contributed by atoms with van der Waals surface area (Å²) in [6, 6.07) is 9.87. The number of hydrogen-bond acceptors (Lipinski definition) is 5. The number of carbonyl (C=O) groups excluding carboxylic acids is 1. The molecule has 2 aromatic carbocycles. The average molecular weight is 315 g/mol. The second kappa shape index (κ2) is 6.91. The third-order valence-electron chi connectivity index (χ3n) is 3.44. The number of hydrogen-bond donors (Lipinski definition) is 0. The van der Waals surface area contributed by atoms with Gasteiger partial charge in [-0.05, 0) is 49.6 Å². The lowest BCUT2D eigenvalue weighted by Gasteiger charge is -2.10. The molecule has 6 heteroatoms. The highest BCUT2D eigenvalue weighted by Crippen LogP contribution is 2.28. The number of aryl methyl sites for hydroxylation is 2. The predicted octanol–water partition coefficient (Wildman–Crippen LogP) is 3.50. The van der Waals surface area contributed by atoms with Crippen molar-refractivity contribution in [3.8, 4) is 11.5 Å². The highest BCUT2D eigenvalue weighted by Gasteiger charge is 2.18. The standard InChI is InChI=1S/C17H17NO5/c1-11-7-8-14(18(20)21)16(9-11)23-17(19)10-22-15-6-4-5-12(2)13(15)3/h4-9H,10H2,1-3H3. The average Bonchev–Trinajstić information content (AvgIpc) is 2.48. The van der Waals surface area contributed by atoms with Crippen LogP contribution in [0.15, 0.2) is 36.4 Å². The minimum atomic E-state index is -0.695. The van der Waals surface area contributed by atoms with E-state index >= 15 is 0 Å². The van der Waals surface area contributed by atoms with Gasteiger partial charge in [0.15, 0.2) is 6.61 Å². The number of nitro groups is 1. The molecular weight excluding hydrogens is 298 g/mol. The Morgan fingerprint density at radius 2 is 1.87 bits per heavy atom. The van der Waals surface area contributed by atoms with Crippen molar-refractivity contribution in [1.82, 2.24) is 0 Å². The predicted molar refractivity (Wildman–Crippen MR) is 84.9 cm³/mol. The summed E-state index contributed by atoms with van der Waals surface area (Å²) >= 11 is 0. The van der Waals surface area contributed by atoms with Crippen LogP contribution in [0.1, 0.15) is 16.7 Å². The van der Waals surface area contributed by atoms with E-state index in [4.69, 9.17) is 9.47 Å². The van der Waals surface area contributed by atoms with Crippen molar-refractivity contribution >= 4 is 11.7 Å². The van der Waals surface area contributed by atoms with Gasteiger partial charge >= 0.3 is 11.7 Å². The minimum Gasteiger partial charge on any atom is -0.482 e. The van der Waals surface area contributed by atoms with E-state index in [1.807, 2.05) is 26.0 Å². The van der Waals surface area contributed by atoms with E-state index in [2.05, 4.69) is 0 Å². The first-order valence-corrected chi connectivity index (χ1v) is 7.03. The topological polar surface area (TPSA) is 78.7 Å². The minimum absolute atomic E-state index is 0.0791. The Labute approximate surface area is 133 Å². The van der Waals surface area contributed by atoms with Crippen LogP contribution in [0.2, 0.25) is 0 Å². The van der Waals surface area contributed by atoms with Gasteiger partial charge < -0.3 is 9.47 Å². The highest BCUT2D eigenvalue weighted by molar-refractivity contribution is 5.75. The van der Waals surface area contributed by atoms with E-state index in [1.165, 1.54) is 12.1 Å². The first-order chi connectivity index (χ1) is 10.9. The molecule has 0 heterocycles. The fourth-order valence-electron chi connectivity index (χ4n) is 2.02. The highest BCUT2D eigenvalue weighted by atomic mass is 16.6. The number of esters is 1. The SMILES string of the molecule is Cc1ccc([N+](=O)[O-])c(OC(=O)COc2cccc(C)c2C)c1. The van der Waals surface area contributed by atoms with Crippen LogP contribution in [0.25, 0.3) is 0 Å². The van der Waals surface area contributed by atoms with E-state index in [0.717, 1.165) is 16.7 Å². The van der Waals surface area contributed by atoms with Crippen LogP contribution in [0.5, 0.6) is 11.5 Å². The van der Waals surface area contributed by atoms with E-state index in [0.29, 0.717) is 5.75 Å². The van der Waals surface area contributed by atoms with Crippen LogP contribution in [0.3, 0.4) is 0 Å². The molecule has 0 aromatic heterocycles. The fourth-order valence-corrected chi connectivity index (χ4v) is 2.02. The molecule has 6 nitrogen and oxygen atoms in total.